The van der Waals surface area contributed by atoms with Crippen molar-refractivity contribution in [1.29, 1.82) is 0 Å². The number of thioether (sulfide) groups is 1. The van der Waals surface area contributed by atoms with Crippen LogP contribution in [0.15, 0.2) is 17.0 Å². The molecular weight excluding hydrogens is 468 g/mol. The van der Waals surface area contributed by atoms with Gasteiger partial charge in [-0.25, -0.2) is 0 Å². The Balaban J connectivity index is 2.40. The van der Waals surface area contributed by atoms with Gasteiger partial charge in [-0.1, -0.05) is 0 Å². The molecule has 1 aliphatic heterocycles. The van der Waals surface area contributed by atoms with Gasteiger partial charge < -0.3 is 5.11 Å². The molecule has 1 aromatic carbocycles. The van der Waals surface area contributed by atoms with Crippen molar-refractivity contribution in [3.63, 3.8) is 0 Å². The lowest BCUT2D eigenvalue weighted by molar-refractivity contribution is -0.115. The Morgan fingerprint density at radius 3 is 2.29 bits per heavy atom. The fourth-order valence-corrected chi connectivity index (χ4v) is 3.74. The van der Waals surface area contributed by atoms with Crippen LogP contribution < -0.4 is 5.32 Å². The highest BCUT2D eigenvalue weighted by Crippen LogP contribution is 2.30. The number of amides is 2. The first-order chi connectivity index (χ1) is 7.97. The summed E-state index contributed by atoms with van der Waals surface area (Å²) in [6.07, 6.45) is 1.63. The second-order valence-electron chi connectivity index (χ2n) is 3.19. The van der Waals surface area contributed by atoms with Crippen LogP contribution in [0.5, 0.6) is 5.75 Å². The number of aromatic hydroxyl groups is 1. The Hall–Kier alpha value is -0.290. The van der Waals surface area contributed by atoms with Crippen LogP contribution in [0.1, 0.15) is 5.56 Å². The molecular formula is C10H5I2NO3S. The average molecular weight is 473 g/mol. The third-order valence-corrected chi connectivity index (χ3v) is 4.43. The molecule has 0 aliphatic carbocycles. The number of phenolic OH excluding ortho intramolecular Hbond substituents is 1. The zero-order valence-corrected chi connectivity index (χ0v) is 13.3. The number of carbonyl (C=O) groups excluding carboxylic acids is 2. The Kier molecular flexibility index (Phi) is 3.98. The SMILES string of the molecule is O=C1NC(=O)C(=Cc2cc(I)c(O)c(I)c2)S1. The Bertz CT molecular complexity index is 533. The fourth-order valence-electron chi connectivity index (χ4n) is 1.24. The van der Waals surface area contributed by atoms with Crippen LogP contribution in [0, 0.1) is 7.14 Å². The van der Waals surface area contributed by atoms with Crippen molar-refractivity contribution in [1.82, 2.24) is 5.32 Å². The van der Waals surface area contributed by atoms with E-state index in [1.54, 1.807) is 18.2 Å². The van der Waals surface area contributed by atoms with E-state index in [2.05, 4.69) is 5.32 Å². The smallest absolute Gasteiger partial charge is 0.290 e. The fraction of sp³-hybridized carbons (Fsp3) is 0. The Morgan fingerprint density at radius 1 is 1.24 bits per heavy atom. The van der Waals surface area contributed by atoms with Gasteiger partial charge in [0.15, 0.2) is 0 Å². The number of carbonyl (C=O) groups is 2. The molecule has 4 nitrogen and oxygen atoms in total. The molecule has 17 heavy (non-hydrogen) atoms. The molecule has 1 aromatic rings. The molecule has 88 valence electrons. The van der Waals surface area contributed by atoms with Crippen molar-refractivity contribution in [2.45, 2.75) is 0 Å². The van der Waals surface area contributed by atoms with Crippen molar-refractivity contribution in [3.05, 3.63) is 29.7 Å². The van der Waals surface area contributed by atoms with E-state index >= 15 is 0 Å². The van der Waals surface area contributed by atoms with Crippen molar-refractivity contribution >= 4 is 74.2 Å². The van der Waals surface area contributed by atoms with E-state index in [1.807, 2.05) is 45.2 Å². The summed E-state index contributed by atoms with van der Waals surface area (Å²) in [7, 11) is 0. The summed E-state index contributed by atoms with van der Waals surface area (Å²) < 4.78 is 1.41. The van der Waals surface area contributed by atoms with Crippen molar-refractivity contribution < 1.29 is 14.7 Å². The third-order valence-electron chi connectivity index (χ3n) is 1.98. The second-order valence-corrected chi connectivity index (χ2v) is 6.52. The molecule has 0 spiro atoms. The molecule has 0 atom stereocenters. The summed E-state index contributed by atoms with van der Waals surface area (Å²) in [6, 6.07) is 3.50. The summed E-state index contributed by atoms with van der Waals surface area (Å²) in [5.74, 6) is -0.147. The normalized spacial score (nSPS) is 17.6. The topological polar surface area (TPSA) is 66.4 Å². The van der Waals surface area contributed by atoms with Crippen molar-refractivity contribution in [2.75, 3.05) is 0 Å². The summed E-state index contributed by atoms with van der Waals surface area (Å²) in [6.45, 7) is 0. The van der Waals surface area contributed by atoms with E-state index in [0.717, 1.165) is 17.3 Å². The molecule has 1 heterocycles. The maximum Gasteiger partial charge on any atom is 0.290 e. The number of nitrogens with one attached hydrogen (secondary N) is 1. The van der Waals surface area contributed by atoms with Gasteiger partial charge in [-0.2, -0.15) is 0 Å². The minimum atomic E-state index is -0.377. The molecule has 2 amide bonds. The Morgan fingerprint density at radius 2 is 1.82 bits per heavy atom. The number of halogens is 2. The zero-order valence-electron chi connectivity index (χ0n) is 8.16. The zero-order chi connectivity index (χ0) is 12.6. The lowest BCUT2D eigenvalue weighted by Gasteiger charge is -2.02. The number of benzene rings is 1. The van der Waals surface area contributed by atoms with Gasteiger partial charge in [0.1, 0.15) is 5.75 Å². The minimum Gasteiger partial charge on any atom is -0.506 e. The lowest BCUT2D eigenvalue weighted by atomic mass is 10.2. The summed E-state index contributed by atoms with van der Waals surface area (Å²) >= 11 is 4.90. The largest absolute Gasteiger partial charge is 0.506 e. The van der Waals surface area contributed by atoms with Gasteiger partial charge in [-0.3, -0.25) is 14.9 Å². The standard InChI is InChI=1S/C10H5I2NO3S/c11-5-1-4(2-6(12)8(5)14)3-7-9(15)13-10(16)17-7/h1-3,14H,(H,13,15,16). The summed E-state index contributed by atoms with van der Waals surface area (Å²) in [4.78, 5) is 22.7. The molecule has 0 unspecified atom stereocenters. The van der Waals surface area contributed by atoms with Gasteiger partial charge >= 0.3 is 0 Å². The molecule has 0 aromatic heterocycles. The number of hydrogen-bond acceptors (Lipinski definition) is 4. The third kappa shape index (κ3) is 2.94. The highest BCUT2D eigenvalue weighted by molar-refractivity contribution is 14.1. The first-order valence-corrected chi connectivity index (χ1v) is 7.37. The predicted molar refractivity (Wildman–Crippen MR) is 82.6 cm³/mol. The predicted octanol–water partition coefficient (Wildman–Crippen LogP) is 2.93. The second kappa shape index (κ2) is 5.14. The van der Waals surface area contributed by atoms with Gasteiger partial charge in [0.25, 0.3) is 11.1 Å². The summed E-state index contributed by atoms with van der Waals surface area (Å²) in [5, 5.41) is 11.4. The number of hydrogen-bond donors (Lipinski definition) is 2. The molecule has 1 fully saturated rings. The highest BCUT2D eigenvalue weighted by Gasteiger charge is 2.25. The molecule has 1 saturated heterocycles. The quantitative estimate of drug-likeness (QED) is 0.487. The first-order valence-electron chi connectivity index (χ1n) is 4.40. The van der Waals surface area contributed by atoms with Gasteiger partial charge in [0.2, 0.25) is 0 Å². The van der Waals surface area contributed by atoms with E-state index < -0.39 is 0 Å². The van der Waals surface area contributed by atoms with Gasteiger partial charge in [-0.15, -0.1) is 0 Å². The van der Waals surface area contributed by atoms with Crippen LogP contribution in [0.25, 0.3) is 6.08 Å². The van der Waals surface area contributed by atoms with E-state index in [4.69, 9.17) is 0 Å². The maximum atomic E-state index is 11.4. The van der Waals surface area contributed by atoms with Crippen LogP contribution in [-0.2, 0) is 4.79 Å². The number of imide groups is 1. The molecule has 0 radical (unpaired) electrons. The van der Waals surface area contributed by atoms with E-state index in [1.165, 1.54) is 0 Å². The first kappa shape index (κ1) is 13.1. The van der Waals surface area contributed by atoms with Crippen LogP contribution in [0.3, 0.4) is 0 Å². The molecule has 0 saturated carbocycles. The molecule has 1 aliphatic rings. The maximum absolute atomic E-state index is 11.4. The average Bonchev–Trinajstić information content (AvgIpc) is 2.54. The van der Waals surface area contributed by atoms with Crippen molar-refractivity contribution in [2.24, 2.45) is 0 Å². The number of phenols is 1. The monoisotopic (exact) mass is 473 g/mol. The highest BCUT2D eigenvalue weighted by atomic mass is 127. The van der Waals surface area contributed by atoms with E-state index in [0.29, 0.717) is 12.0 Å². The van der Waals surface area contributed by atoms with E-state index in [-0.39, 0.29) is 16.9 Å². The molecule has 2 N–H and O–H groups in total. The minimum absolute atomic E-state index is 0.230. The lowest BCUT2D eigenvalue weighted by Crippen LogP contribution is -2.17. The van der Waals surface area contributed by atoms with Crippen LogP contribution in [0.2, 0.25) is 0 Å². The molecule has 0 bridgehead atoms. The van der Waals surface area contributed by atoms with Crippen LogP contribution in [0.4, 0.5) is 4.79 Å². The van der Waals surface area contributed by atoms with Gasteiger partial charge in [0, 0.05) is 0 Å². The van der Waals surface area contributed by atoms with Gasteiger partial charge in [0.05, 0.1) is 12.0 Å². The molecule has 7 heteroatoms. The van der Waals surface area contributed by atoms with Crippen LogP contribution >= 0.6 is 56.9 Å². The van der Waals surface area contributed by atoms with Gasteiger partial charge in [-0.05, 0) is 80.7 Å². The summed E-state index contributed by atoms with van der Waals surface area (Å²) in [5.41, 5.74) is 0.781. The van der Waals surface area contributed by atoms with Crippen molar-refractivity contribution in [3.8, 4) is 5.75 Å². The van der Waals surface area contributed by atoms with E-state index in [9.17, 15) is 14.7 Å². The van der Waals surface area contributed by atoms with Crippen LogP contribution in [-0.4, -0.2) is 16.3 Å². The number of rotatable bonds is 1. The Labute approximate surface area is 129 Å². The molecule has 2 rings (SSSR count).